The standard InChI is InChI=1S/C16H14F4N2O2/c17-13-4-2-1-3-10(13)11-7-12(11)15(23)24-6-5-9-8-21-22-14(9)16(18,19)20/h1-4,8,11-12H,5-7H2,(H,21,22). The van der Waals surface area contributed by atoms with E-state index >= 15 is 0 Å². The number of rotatable bonds is 5. The van der Waals surface area contributed by atoms with E-state index in [1.54, 1.807) is 18.2 Å². The van der Waals surface area contributed by atoms with Gasteiger partial charge in [-0.2, -0.15) is 18.3 Å². The number of benzene rings is 1. The maximum Gasteiger partial charge on any atom is 0.433 e. The van der Waals surface area contributed by atoms with Crippen LogP contribution < -0.4 is 0 Å². The summed E-state index contributed by atoms with van der Waals surface area (Å²) >= 11 is 0. The van der Waals surface area contributed by atoms with Crippen LogP contribution in [-0.4, -0.2) is 22.8 Å². The molecule has 1 fully saturated rings. The highest BCUT2D eigenvalue weighted by Crippen LogP contribution is 2.48. The number of esters is 1. The fraction of sp³-hybridized carbons (Fsp3) is 0.375. The zero-order valence-corrected chi connectivity index (χ0v) is 12.4. The smallest absolute Gasteiger partial charge is 0.433 e. The number of carbonyl (C=O) groups excluding carboxylic acids is 1. The van der Waals surface area contributed by atoms with Crippen molar-refractivity contribution in [2.45, 2.75) is 24.9 Å². The molecule has 4 nitrogen and oxygen atoms in total. The molecule has 1 aliphatic rings. The summed E-state index contributed by atoms with van der Waals surface area (Å²) in [4.78, 5) is 11.9. The first-order chi connectivity index (χ1) is 11.4. The average molecular weight is 342 g/mol. The number of nitrogens with one attached hydrogen (secondary N) is 1. The van der Waals surface area contributed by atoms with E-state index in [0.717, 1.165) is 6.20 Å². The fourth-order valence-electron chi connectivity index (χ4n) is 2.69. The molecule has 8 heteroatoms. The second kappa shape index (κ2) is 6.26. The Kier molecular flexibility index (Phi) is 4.29. The van der Waals surface area contributed by atoms with Gasteiger partial charge in [-0.3, -0.25) is 9.89 Å². The predicted molar refractivity (Wildman–Crippen MR) is 75.5 cm³/mol. The summed E-state index contributed by atoms with van der Waals surface area (Å²) < 4.78 is 56.7. The average Bonchev–Trinajstić information content (AvgIpc) is 3.16. The molecule has 0 saturated heterocycles. The van der Waals surface area contributed by atoms with Gasteiger partial charge in [-0.15, -0.1) is 0 Å². The highest BCUT2D eigenvalue weighted by molar-refractivity contribution is 5.77. The van der Waals surface area contributed by atoms with E-state index in [9.17, 15) is 22.4 Å². The van der Waals surface area contributed by atoms with Crippen molar-refractivity contribution in [3.63, 3.8) is 0 Å². The number of aromatic amines is 1. The van der Waals surface area contributed by atoms with Gasteiger partial charge in [0.1, 0.15) is 11.5 Å². The predicted octanol–water partition coefficient (Wildman–Crippen LogP) is 3.46. The molecule has 2 aromatic rings. The van der Waals surface area contributed by atoms with E-state index in [2.05, 4.69) is 5.10 Å². The van der Waals surface area contributed by atoms with Crippen LogP contribution in [0.15, 0.2) is 30.5 Å². The molecule has 0 spiro atoms. The molecular formula is C16H14F4N2O2. The third-order valence-corrected chi connectivity index (χ3v) is 4.01. The summed E-state index contributed by atoms with van der Waals surface area (Å²) in [5, 5.41) is 5.26. The third kappa shape index (κ3) is 3.42. The van der Waals surface area contributed by atoms with Gasteiger partial charge in [-0.05, 0) is 18.1 Å². The minimum Gasteiger partial charge on any atom is -0.465 e. The SMILES string of the molecule is O=C(OCCc1cn[nH]c1C(F)(F)F)C1CC1c1ccccc1F. The summed E-state index contributed by atoms with van der Waals surface area (Å²) in [6.07, 6.45) is -3.06. The second-order valence-corrected chi connectivity index (χ2v) is 5.66. The summed E-state index contributed by atoms with van der Waals surface area (Å²) in [6, 6.07) is 6.20. The van der Waals surface area contributed by atoms with Gasteiger partial charge in [0.25, 0.3) is 0 Å². The van der Waals surface area contributed by atoms with Gasteiger partial charge in [0.2, 0.25) is 0 Å². The van der Waals surface area contributed by atoms with Crippen molar-refractivity contribution < 1.29 is 27.1 Å². The molecular weight excluding hydrogens is 328 g/mol. The van der Waals surface area contributed by atoms with Gasteiger partial charge in [-0.1, -0.05) is 18.2 Å². The van der Waals surface area contributed by atoms with Crippen LogP contribution in [0.4, 0.5) is 17.6 Å². The highest BCUT2D eigenvalue weighted by atomic mass is 19.4. The first kappa shape index (κ1) is 16.5. The lowest BCUT2D eigenvalue weighted by molar-refractivity contribution is -0.145. The van der Waals surface area contributed by atoms with Gasteiger partial charge in [0, 0.05) is 17.9 Å². The Morgan fingerprint density at radius 1 is 1.33 bits per heavy atom. The molecule has 1 aromatic heterocycles. The first-order valence-corrected chi connectivity index (χ1v) is 7.38. The van der Waals surface area contributed by atoms with Gasteiger partial charge < -0.3 is 4.74 Å². The Balaban J connectivity index is 1.51. The van der Waals surface area contributed by atoms with Crippen molar-refractivity contribution in [3.05, 3.63) is 53.1 Å². The normalized spacial score (nSPS) is 20.0. The van der Waals surface area contributed by atoms with Crippen molar-refractivity contribution in [1.29, 1.82) is 0 Å². The molecule has 0 bridgehead atoms. The Morgan fingerprint density at radius 3 is 2.79 bits per heavy atom. The number of hydrogen-bond acceptors (Lipinski definition) is 3. The molecule has 2 unspecified atom stereocenters. The molecule has 1 heterocycles. The number of ether oxygens (including phenoxy) is 1. The van der Waals surface area contributed by atoms with Crippen LogP contribution in [0.3, 0.4) is 0 Å². The van der Waals surface area contributed by atoms with Crippen LogP contribution in [0.25, 0.3) is 0 Å². The van der Waals surface area contributed by atoms with Gasteiger partial charge in [-0.25, -0.2) is 4.39 Å². The van der Waals surface area contributed by atoms with Crippen LogP contribution in [0.2, 0.25) is 0 Å². The number of hydrogen-bond donors (Lipinski definition) is 1. The van der Waals surface area contributed by atoms with Gasteiger partial charge in [0.05, 0.1) is 18.7 Å². The Hall–Kier alpha value is -2.38. The monoisotopic (exact) mass is 342 g/mol. The molecule has 1 N–H and O–H groups in total. The lowest BCUT2D eigenvalue weighted by atomic mass is 10.1. The van der Waals surface area contributed by atoms with Crippen molar-refractivity contribution in [1.82, 2.24) is 10.2 Å². The van der Waals surface area contributed by atoms with E-state index in [0.29, 0.717) is 12.0 Å². The summed E-state index contributed by atoms with van der Waals surface area (Å²) in [6.45, 7) is -0.179. The topological polar surface area (TPSA) is 55.0 Å². The van der Waals surface area contributed by atoms with Crippen LogP contribution in [0.5, 0.6) is 0 Å². The molecule has 1 aromatic carbocycles. The Bertz CT molecular complexity index is 742. The Labute approximate surface area is 134 Å². The number of aromatic nitrogens is 2. The second-order valence-electron chi connectivity index (χ2n) is 5.66. The molecule has 2 atom stereocenters. The third-order valence-electron chi connectivity index (χ3n) is 4.01. The zero-order chi connectivity index (χ0) is 17.3. The maximum atomic E-state index is 13.6. The van der Waals surface area contributed by atoms with E-state index in [-0.39, 0.29) is 30.3 Å². The quantitative estimate of drug-likeness (QED) is 0.669. The molecule has 24 heavy (non-hydrogen) atoms. The molecule has 1 saturated carbocycles. The maximum absolute atomic E-state index is 13.6. The number of alkyl halides is 3. The van der Waals surface area contributed by atoms with Crippen LogP contribution >= 0.6 is 0 Å². The minimum absolute atomic E-state index is 0.0586. The van der Waals surface area contributed by atoms with Crippen LogP contribution in [0, 0.1) is 11.7 Å². The van der Waals surface area contributed by atoms with Crippen molar-refractivity contribution >= 4 is 5.97 Å². The minimum atomic E-state index is -4.53. The van der Waals surface area contributed by atoms with E-state index < -0.39 is 23.8 Å². The number of nitrogens with zero attached hydrogens (tertiary/aromatic N) is 1. The fourth-order valence-corrected chi connectivity index (χ4v) is 2.69. The Morgan fingerprint density at radius 2 is 2.08 bits per heavy atom. The first-order valence-electron chi connectivity index (χ1n) is 7.38. The molecule has 1 aliphatic carbocycles. The molecule has 0 radical (unpaired) electrons. The molecule has 3 rings (SSSR count). The summed E-state index contributed by atoms with van der Waals surface area (Å²) in [5.74, 6) is -1.54. The molecule has 0 aliphatic heterocycles. The molecule has 0 amide bonds. The lowest BCUT2D eigenvalue weighted by Crippen LogP contribution is -2.13. The number of H-pyrrole nitrogens is 1. The number of carbonyl (C=O) groups is 1. The van der Waals surface area contributed by atoms with Crippen molar-refractivity contribution in [2.24, 2.45) is 5.92 Å². The largest absolute Gasteiger partial charge is 0.465 e. The van der Waals surface area contributed by atoms with Gasteiger partial charge >= 0.3 is 12.1 Å². The van der Waals surface area contributed by atoms with Gasteiger partial charge in [0.15, 0.2) is 0 Å². The van der Waals surface area contributed by atoms with E-state index in [4.69, 9.17) is 4.74 Å². The van der Waals surface area contributed by atoms with Crippen LogP contribution in [0.1, 0.15) is 29.2 Å². The van der Waals surface area contributed by atoms with E-state index in [1.807, 2.05) is 5.10 Å². The van der Waals surface area contributed by atoms with Crippen molar-refractivity contribution in [2.75, 3.05) is 6.61 Å². The van der Waals surface area contributed by atoms with Crippen LogP contribution in [-0.2, 0) is 22.1 Å². The zero-order valence-electron chi connectivity index (χ0n) is 12.4. The summed E-state index contributed by atoms with van der Waals surface area (Å²) in [5.41, 5.74) is -0.528. The molecule has 128 valence electrons. The lowest BCUT2D eigenvalue weighted by Gasteiger charge is -2.08. The van der Waals surface area contributed by atoms with Crippen molar-refractivity contribution in [3.8, 4) is 0 Å². The van der Waals surface area contributed by atoms with E-state index in [1.165, 1.54) is 6.07 Å². The highest BCUT2D eigenvalue weighted by Gasteiger charge is 2.46. The summed E-state index contributed by atoms with van der Waals surface area (Å²) in [7, 11) is 0. The number of halogens is 4.